The van der Waals surface area contributed by atoms with Gasteiger partial charge in [0.1, 0.15) is 6.61 Å². The van der Waals surface area contributed by atoms with E-state index in [1.165, 1.54) is 11.8 Å². The van der Waals surface area contributed by atoms with E-state index in [4.69, 9.17) is 19.4 Å². The Balaban J connectivity index is 5.16. The maximum absolute atomic E-state index is 12.1. The zero-order valence-electron chi connectivity index (χ0n) is 22.2. The minimum Gasteiger partial charge on any atom is -0.351 e. The van der Waals surface area contributed by atoms with Gasteiger partial charge in [-0.25, -0.2) is 9.34 Å². The summed E-state index contributed by atoms with van der Waals surface area (Å²) in [4.78, 5) is 12.1. The summed E-state index contributed by atoms with van der Waals surface area (Å²) in [5.74, 6) is 0.175. The zero-order chi connectivity index (χ0) is 25.0. The summed E-state index contributed by atoms with van der Waals surface area (Å²) >= 11 is 1.21. The van der Waals surface area contributed by atoms with E-state index in [2.05, 4.69) is 64.7 Å². The van der Waals surface area contributed by atoms with E-state index < -0.39 is 14.7 Å². The fourth-order valence-electron chi connectivity index (χ4n) is 3.32. The summed E-state index contributed by atoms with van der Waals surface area (Å²) in [5, 5.41) is 7.61. The summed E-state index contributed by atoms with van der Waals surface area (Å²) in [6.07, 6.45) is -0.482. The first-order valence-corrected chi connectivity index (χ1v) is 13.9. The molecule has 1 N–H and O–H groups in total. The molecular weight excluding hydrogens is 445 g/mol. The van der Waals surface area contributed by atoms with E-state index in [-0.39, 0.29) is 11.0 Å². The Morgan fingerprint density at radius 1 is 0.906 bits per heavy atom. The summed E-state index contributed by atoms with van der Waals surface area (Å²) < 4.78 is 23.1. The van der Waals surface area contributed by atoms with Gasteiger partial charge < -0.3 is 19.4 Å². The van der Waals surface area contributed by atoms with Crippen LogP contribution in [-0.2, 0) is 18.8 Å². The standard InChI is InChI=1S/C23H48N3O4PS/c1-12-28-22(29-13-14-32-23(27)20(10)21(11)24)15-30-31(25(16(2)3)17(4)5)26(18(6)7)19(8)9/h16-20,22,24H,12-15H2,1-11H3. The van der Waals surface area contributed by atoms with Crippen LogP contribution in [0.4, 0.5) is 0 Å². The van der Waals surface area contributed by atoms with Crippen LogP contribution in [0.5, 0.6) is 0 Å². The van der Waals surface area contributed by atoms with Gasteiger partial charge in [0.25, 0.3) is 0 Å². The van der Waals surface area contributed by atoms with E-state index in [0.717, 1.165) is 0 Å². The Labute approximate surface area is 202 Å². The molecule has 0 amide bonds. The number of ether oxygens (including phenoxy) is 2. The maximum Gasteiger partial charge on any atom is 0.197 e. The lowest BCUT2D eigenvalue weighted by atomic mass is 10.1. The summed E-state index contributed by atoms with van der Waals surface area (Å²) in [5.41, 5.74) is 0.386. The van der Waals surface area contributed by atoms with Gasteiger partial charge in [0.05, 0.1) is 12.5 Å². The van der Waals surface area contributed by atoms with Crippen molar-refractivity contribution in [3.63, 3.8) is 0 Å². The van der Waals surface area contributed by atoms with Gasteiger partial charge in [-0.1, -0.05) is 11.8 Å². The van der Waals surface area contributed by atoms with Crippen LogP contribution < -0.4 is 0 Å². The molecule has 0 saturated carbocycles. The van der Waals surface area contributed by atoms with E-state index >= 15 is 0 Å². The Morgan fingerprint density at radius 2 is 1.38 bits per heavy atom. The molecule has 0 aromatic rings. The summed E-state index contributed by atoms with van der Waals surface area (Å²) in [6, 6.07) is 1.37. The first-order chi connectivity index (χ1) is 14.8. The lowest BCUT2D eigenvalue weighted by Crippen LogP contribution is -2.44. The van der Waals surface area contributed by atoms with Crippen LogP contribution in [0, 0.1) is 11.3 Å². The second-order valence-corrected chi connectivity index (χ2v) is 11.8. The minimum absolute atomic E-state index is 0.00264. The van der Waals surface area contributed by atoms with E-state index in [9.17, 15) is 4.79 Å². The topological polar surface area (TPSA) is 75.1 Å². The molecular formula is C23H48N3O4PS. The van der Waals surface area contributed by atoms with Gasteiger partial charge >= 0.3 is 0 Å². The fourth-order valence-corrected chi connectivity index (χ4v) is 6.46. The van der Waals surface area contributed by atoms with Crippen molar-refractivity contribution in [1.29, 1.82) is 5.41 Å². The van der Waals surface area contributed by atoms with Crippen LogP contribution in [0.3, 0.4) is 0 Å². The zero-order valence-corrected chi connectivity index (χ0v) is 23.9. The molecule has 0 aliphatic rings. The molecule has 0 saturated heterocycles. The lowest BCUT2D eigenvalue weighted by Gasteiger charge is -2.45. The van der Waals surface area contributed by atoms with Gasteiger partial charge in [0.15, 0.2) is 19.9 Å². The third-order valence-electron chi connectivity index (χ3n) is 4.82. The molecule has 0 aromatic heterocycles. The summed E-state index contributed by atoms with van der Waals surface area (Å²) in [6.45, 7) is 24.3. The van der Waals surface area contributed by atoms with Gasteiger partial charge in [-0.15, -0.1) is 0 Å². The molecule has 0 radical (unpaired) electrons. The van der Waals surface area contributed by atoms with Crippen LogP contribution in [-0.4, -0.2) is 76.2 Å². The predicted octanol–water partition coefficient (Wildman–Crippen LogP) is 5.78. The van der Waals surface area contributed by atoms with Crippen molar-refractivity contribution in [1.82, 2.24) is 9.34 Å². The predicted molar refractivity (Wildman–Crippen MR) is 138 cm³/mol. The highest BCUT2D eigenvalue weighted by Crippen LogP contribution is 2.50. The molecule has 0 heterocycles. The monoisotopic (exact) mass is 493 g/mol. The second-order valence-electron chi connectivity index (χ2n) is 9.01. The van der Waals surface area contributed by atoms with E-state index in [1.54, 1.807) is 13.8 Å². The first kappa shape index (κ1) is 31.9. The smallest absolute Gasteiger partial charge is 0.197 e. The van der Waals surface area contributed by atoms with Gasteiger partial charge in [-0.05, 0) is 76.2 Å². The normalized spacial score (nSPS) is 14.6. The molecule has 0 bridgehead atoms. The highest BCUT2D eigenvalue weighted by Gasteiger charge is 2.35. The van der Waals surface area contributed by atoms with Crippen molar-refractivity contribution >= 4 is 31.0 Å². The van der Waals surface area contributed by atoms with Crippen molar-refractivity contribution < 1.29 is 18.8 Å². The number of hydrogen-bond donors (Lipinski definition) is 1. The first-order valence-electron chi connectivity index (χ1n) is 11.8. The Morgan fingerprint density at radius 3 is 1.75 bits per heavy atom. The van der Waals surface area contributed by atoms with Crippen molar-refractivity contribution in [2.45, 2.75) is 107 Å². The molecule has 0 aliphatic carbocycles. The Hall–Kier alpha value is -0.0800. The van der Waals surface area contributed by atoms with Crippen LogP contribution >= 0.6 is 20.2 Å². The number of carbonyl (C=O) groups is 1. The molecule has 190 valence electrons. The number of hydrogen-bond acceptors (Lipinski definition) is 8. The second kappa shape index (κ2) is 16.5. The molecule has 0 spiro atoms. The lowest BCUT2D eigenvalue weighted by molar-refractivity contribution is -0.152. The van der Waals surface area contributed by atoms with Crippen molar-refractivity contribution in [3.8, 4) is 0 Å². The SMILES string of the molecule is CCOC(COP(N(C(C)C)C(C)C)N(C(C)C)C(C)C)OCCSC(=O)C(C)C(C)=N. The molecule has 9 heteroatoms. The van der Waals surface area contributed by atoms with Gasteiger partial charge in [0.2, 0.25) is 0 Å². The molecule has 32 heavy (non-hydrogen) atoms. The Kier molecular flexibility index (Phi) is 16.5. The molecule has 7 nitrogen and oxygen atoms in total. The number of carbonyl (C=O) groups excluding carboxylic acids is 1. The average molecular weight is 494 g/mol. The third kappa shape index (κ3) is 11.4. The van der Waals surface area contributed by atoms with Crippen LogP contribution in [0.25, 0.3) is 0 Å². The van der Waals surface area contributed by atoms with Crippen molar-refractivity contribution in [3.05, 3.63) is 0 Å². The number of thioether (sulfide) groups is 1. The summed E-state index contributed by atoms with van der Waals surface area (Å²) in [7, 11) is -1.01. The average Bonchev–Trinajstić information content (AvgIpc) is 2.66. The Bertz CT molecular complexity index is 513. The van der Waals surface area contributed by atoms with Crippen LogP contribution in [0.2, 0.25) is 0 Å². The van der Waals surface area contributed by atoms with E-state index in [0.29, 0.717) is 55.5 Å². The number of rotatable bonds is 17. The van der Waals surface area contributed by atoms with Crippen LogP contribution in [0.15, 0.2) is 0 Å². The highest BCUT2D eigenvalue weighted by molar-refractivity contribution is 8.13. The van der Waals surface area contributed by atoms with Crippen molar-refractivity contribution in [2.75, 3.05) is 25.6 Å². The molecule has 2 atom stereocenters. The molecule has 0 fully saturated rings. The van der Waals surface area contributed by atoms with E-state index in [1.807, 2.05) is 6.92 Å². The number of nitrogens with one attached hydrogen (secondary N) is 1. The third-order valence-corrected chi connectivity index (χ3v) is 8.85. The van der Waals surface area contributed by atoms with Crippen molar-refractivity contribution in [2.24, 2.45) is 5.92 Å². The molecule has 2 unspecified atom stereocenters. The molecule has 0 aromatic carbocycles. The largest absolute Gasteiger partial charge is 0.351 e. The van der Waals surface area contributed by atoms with Gasteiger partial charge in [-0.3, -0.25) is 4.79 Å². The highest BCUT2D eigenvalue weighted by atomic mass is 32.2. The minimum atomic E-state index is -1.01. The maximum atomic E-state index is 12.1. The quantitative estimate of drug-likeness (QED) is 0.119. The molecule has 0 rings (SSSR count). The fraction of sp³-hybridized carbons (Fsp3) is 0.913. The number of nitrogens with zero attached hydrogens (tertiary/aromatic N) is 2. The van der Waals surface area contributed by atoms with Gasteiger partial charge in [-0.2, -0.15) is 0 Å². The van der Waals surface area contributed by atoms with Gasteiger partial charge in [0, 0.05) is 42.2 Å². The van der Waals surface area contributed by atoms with Crippen LogP contribution in [0.1, 0.15) is 76.2 Å². The molecule has 0 aliphatic heterocycles.